The molecule has 4 rings (SSSR count). The second-order valence-electron chi connectivity index (χ2n) is 7.42. The number of aromatic nitrogens is 4. The fraction of sp³-hybridized carbons (Fsp3) is 0.250. The number of nitrogens with one attached hydrogen (secondary N) is 1. The maximum atomic E-state index is 13.1. The highest BCUT2D eigenvalue weighted by Gasteiger charge is 2.23. The fourth-order valence-electron chi connectivity index (χ4n) is 3.47. The third kappa shape index (κ3) is 4.94. The van der Waals surface area contributed by atoms with E-state index in [1.165, 1.54) is 23.4 Å². The quantitative estimate of drug-likeness (QED) is 0.352. The predicted octanol–water partition coefficient (Wildman–Crippen LogP) is 3.42. The third-order valence-corrected chi connectivity index (χ3v) is 6.67. The number of amides is 1. The van der Waals surface area contributed by atoms with Crippen molar-refractivity contribution in [1.82, 2.24) is 19.2 Å². The lowest BCUT2D eigenvalue weighted by Gasteiger charge is -2.16. The average Bonchev–Trinajstić information content (AvgIpc) is 3.31. The largest absolute Gasteiger partial charge is 0.497 e. The lowest BCUT2D eigenvalue weighted by molar-refractivity contribution is -0.115. The molecule has 0 saturated carbocycles. The fourth-order valence-corrected chi connectivity index (χ4v) is 4.41. The molecule has 0 aliphatic heterocycles. The van der Waals surface area contributed by atoms with E-state index >= 15 is 0 Å². The Labute approximate surface area is 205 Å². The smallest absolute Gasteiger partial charge is 0.300 e. The topological polar surface area (TPSA) is 109 Å². The molecule has 1 unspecified atom stereocenters. The molecular weight excluding hydrogens is 470 g/mol. The minimum atomic E-state index is -0.477. The normalized spacial score (nSPS) is 11.8. The molecule has 0 spiro atoms. The van der Waals surface area contributed by atoms with E-state index in [-0.39, 0.29) is 17.1 Å². The van der Waals surface area contributed by atoms with E-state index in [0.717, 1.165) is 0 Å². The lowest BCUT2D eigenvalue weighted by atomic mass is 10.2. The summed E-state index contributed by atoms with van der Waals surface area (Å²) < 4.78 is 18.9. The van der Waals surface area contributed by atoms with Gasteiger partial charge in [0.15, 0.2) is 5.16 Å². The van der Waals surface area contributed by atoms with Gasteiger partial charge in [-0.15, -0.1) is 10.2 Å². The van der Waals surface area contributed by atoms with Crippen LogP contribution in [0.25, 0.3) is 11.3 Å². The number of hydrogen-bond acceptors (Lipinski definition) is 8. The van der Waals surface area contributed by atoms with Crippen LogP contribution in [0, 0.1) is 0 Å². The van der Waals surface area contributed by atoms with Crippen LogP contribution in [0.15, 0.2) is 64.8 Å². The summed E-state index contributed by atoms with van der Waals surface area (Å²) in [6.45, 7) is 1.90. The minimum absolute atomic E-state index is 0.157. The van der Waals surface area contributed by atoms with E-state index in [0.29, 0.717) is 40.2 Å². The van der Waals surface area contributed by atoms with Gasteiger partial charge in [0, 0.05) is 24.5 Å². The number of carbonyl (C=O) groups is 1. The summed E-state index contributed by atoms with van der Waals surface area (Å²) in [6, 6.07) is 12.3. The van der Waals surface area contributed by atoms with Crippen molar-refractivity contribution in [2.75, 3.05) is 26.6 Å². The Hall–Kier alpha value is -3.99. The SMILES string of the molecule is CCC(Sc1nnc2c(=O)n(-c3cccc(OC)c3)ccn12)C(=O)Nc1ccc(OC)cc1OC. The minimum Gasteiger partial charge on any atom is -0.497 e. The van der Waals surface area contributed by atoms with E-state index in [1.54, 1.807) is 73.5 Å². The van der Waals surface area contributed by atoms with Gasteiger partial charge in [-0.2, -0.15) is 0 Å². The number of hydrogen-bond donors (Lipinski definition) is 1. The zero-order chi connectivity index (χ0) is 24.9. The van der Waals surface area contributed by atoms with E-state index < -0.39 is 5.25 Å². The first-order valence-electron chi connectivity index (χ1n) is 10.8. The molecule has 1 N–H and O–H groups in total. The number of rotatable bonds is 9. The van der Waals surface area contributed by atoms with Crippen LogP contribution in [0.4, 0.5) is 5.69 Å². The van der Waals surface area contributed by atoms with Crippen LogP contribution in [0.1, 0.15) is 13.3 Å². The van der Waals surface area contributed by atoms with Crippen molar-refractivity contribution >= 4 is 29.0 Å². The highest BCUT2D eigenvalue weighted by atomic mass is 32.2. The zero-order valence-corrected chi connectivity index (χ0v) is 20.5. The Morgan fingerprint density at radius 3 is 2.51 bits per heavy atom. The number of ether oxygens (including phenoxy) is 3. The van der Waals surface area contributed by atoms with Crippen LogP contribution >= 0.6 is 11.8 Å². The van der Waals surface area contributed by atoms with E-state index in [9.17, 15) is 9.59 Å². The van der Waals surface area contributed by atoms with Crippen molar-refractivity contribution in [1.29, 1.82) is 0 Å². The first kappa shape index (κ1) is 24.1. The number of benzene rings is 2. The molecule has 4 aromatic rings. The molecule has 1 amide bonds. The standard InChI is InChI=1S/C24H25N5O5S/c1-5-20(22(30)25-18-10-9-17(33-3)14-19(18)34-4)35-24-27-26-21-23(31)28(11-12-29(21)24)15-7-6-8-16(13-15)32-2/h6-14,20H,5H2,1-4H3,(H,25,30). The third-order valence-electron chi connectivity index (χ3n) is 5.35. The van der Waals surface area contributed by atoms with Crippen LogP contribution in [0.5, 0.6) is 17.2 Å². The van der Waals surface area contributed by atoms with E-state index in [4.69, 9.17) is 14.2 Å². The molecular formula is C24H25N5O5S. The van der Waals surface area contributed by atoms with Crippen molar-refractivity contribution in [2.45, 2.75) is 23.8 Å². The Balaban J connectivity index is 1.58. The molecule has 2 aromatic heterocycles. The molecule has 0 aliphatic rings. The van der Waals surface area contributed by atoms with Gasteiger partial charge in [0.25, 0.3) is 0 Å². The number of fused-ring (bicyclic) bond motifs is 1. The number of methoxy groups -OCH3 is 3. The molecule has 10 nitrogen and oxygen atoms in total. The van der Waals surface area contributed by atoms with Gasteiger partial charge in [-0.25, -0.2) is 0 Å². The van der Waals surface area contributed by atoms with Gasteiger partial charge in [-0.3, -0.25) is 18.6 Å². The first-order chi connectivity index (χ1) is 17.0. The van der Waals surface area contributed by atoms with E-state index in [2.05, 4.69) is 15.5 Å². The average molecular weight is 496 g/mol. The Bertz CT molecular complexity index is 1420. The highest BCUT2D eigenvalue weighted by Crippen LogP contribution is 2.31. The van der Waals surface area contributed by atoms with Crippen molar-refractivity contribution in [2.24, 2.45) is 0 Å². The van der Waals surface area contributed by atoms with Crippen LogP contribution in [0.2, 0.25) is 0 Å². The number of anilines is 1. The molecule has 0 radical (unpaired) electrons. The molecule has 35 heavy (non-hydrogen) atoms. The molecule has 182 valence electrons. The zero-order valence-electron chi connectivity index (χ0n) is 19.7. The highest BCUT2D eigenvalue weighted by molar-refractivity contribution is 8.00. The molecule has 0 bridgehead atoms. The van der Waals surface area contributed by atoms with Gasteiger partial charge in [0.2, 0.25) is 11.6 Å². The second-order valence-corrected chi connectivity index (χ2v) is 8.59. The number of nitrogens with zero attached hydrogens (tertiary/aromatic N) is 4. The van der Waals surface area contributed by atoms with Crippen LogP contribution in [0.3, 0.4) is 0 Å². The Morgan fingerprint density at radius 2 is 1.80 bits per heavy atom. The molecule has 0 aliphatic carbocycles. The molecule has 11 heteroatoms. The van der Waals surface area contributed by atoms with Gasteiger partial charge in [0.1, 0.15) is 17.2 Å². The molecule has 2 heterocycles. The van der Waals surface area contributed by atoms with Gasteiger partial charge in [0.05, 0.1) is 38.0 Å². The number of thioether (sulfide) groups is 1. The van der Waals surface area contributed by atoms with Gasteiger partial charge in [-0.1, -0.05) is 24.8 Å². The summed E-state index contributed by atoms with van der Waals surface area (Å²) in [4.78, 5) is 26.1. The van der Waals surface area contributed by atoms with Crippen molar-refractivity contribution < 1.29 is 19.0 Å². The van der Waals surface area contributed by atoms with Crippen LogP contribution < -0.4 is 25.1 Å². The van der Waals surface area contributed by atoms with Gasteiger partial charge in [-0.05, 0) is 30.7 Å². The van der Waals surface area contributed by atoms with Crippen molar-refractivity contribution in [3.8, 4) is 22.9 Å². The summed E-state index contributed by atoms with van der Waals surface area (Å²) in [7, 11) is 4.65. The molecule has 0 fully saturated rings. The van der Waals surface area contributed by atoms with Crippen molar-refractivity contribution in [3.63, 3.8) is 0 Å². The number of carbonyl (C=O) groups excluding carboxylic acids is 1. The predicted molar refractivity (Wildman–Crippen MR) is 133 cm³/mol. The van der Waals surface area contributed by atoms with Gasteiger partial charge >= 0.3 is 5.56 Å². The summed E-state index contributed by atoms with van der Waals surface area (Å²) in [6.07, 6.45) is 3.88. The second kappa shape index (κ2) is 10.5. The molecule has 0 saturated heterocycles. The monoisotopic (exact) mass is 495 g/mol. The first-order valence-corrected chi connectivity index (χ1v) is 11.7. The van der Waals surface area contributed by atoms with Crippen molar-refractivity contribution in [3.05, 3.63) is 65.2 Å². The summed E-state index contributed by atoms with van der Waals surface area (Å²) in [5.74, 6) is 1.53. The molecule has 2 aromatic carbocycles. The maximum Gasteiger partial charge on any atom is 0.300 e. The maximum absolute atomic E-state index is 13.1. The van der Waals surface area contributed by atoms with Crippen LogP contribution in [-0.4, -0.2) is 51.7 Å². The lowest BCUT2D eigenvalue weighted by Crippen LogP contribution is -2.25. The summed E-state index contributed by atoms with van der Waals surface area (Å²) in [5, 5.41) is 11.1. The Kier molecular flexibility index (Phi) is 7.25. The van der Waals surface area contributed by atoms with E-state index in [1.807, 2.05) is 6.92 Å². The summed E-state index contributed by atoms with van der Waals surface area (Å²) in [5.41, 5.74) is 1.00. The summed E-state index contributed by atoms with van der Waals surface area (Å²) >= 11 is 1.23. The van der Waals surface area contributed by atoms with Gasteiger partial charge < -0.3 is 19.5 Å². The van der Waals surface area contributed by atoms with Crippen LogP contribution in [-0.2, 0) is 4.79 Å². The Morgan fingerprint density at radius 1 is 1.03 bits per heavy atom. The molecule has 1 atom stereocenters.